The van der Waals surface area contributed by atoms with Crippen LogP contribution in [0.4, 0.5) is 8.78 Å². The highest BCUT2D eigenvalue weighted by molar-refractivity contribution is 5.69. The van der Waals surface area contributed by atoms with E-state index in [2.05, 4.69) is 13.8 Å². The molecule has 0 unspecified atom stereocenters. The third kappa shape index (κ3) is 10.8. The molecule has 0 amide bonds. The fraction of sp³-hybridized carbons (Fsp3) is 0.720. The number of ether oxygens (including phenoxy) is 1. The molecule has 1 aliphatic carbocycles. The molecular weight excluding hydrogens is 402 g/mol. The molecule has 31 heavy (non-hydrogen) atoms. The molecule has 178 valence electrons. The van der Waals surface area contributed by atoms with Gasteiger partial charge in [-0.3, -0.25) is 4.79 Å². The highest BCUT2D eigenvalue weighted by atomic mass is 19.2. The van der Waals surface area contributed by atoms with E-state index in [1.165, 1.54) is 44.6 Å². The third-order valence-electron chi connectivity index (χ3n) is 5.94. The first-order chi connectivity index (χ1) is 14.9. The molecule has 0 spiro atoms. The SMILES string of the molecule is CCCCCCCOc1ccc(O)c(F)c1F.CCCCC[C@H]1CC[C@H](C(=O)O)CC1. The van der Waals surface area contributed by atoms with E-state index in [1.807, 2.05) is 0 Å². The van der Waals surface area contributed by atoms with Crippen LogP contribution >= 0.6 is 0 Å². The van der Waals surface area contributed by atoms with Crippen molar-refractivity contribution in [3.63, 3.8) is 0 Å². The molecule has 0 radical (unpaired) electrons. The number of carbonyl (C=O) groups is 1. The molecule has 0 aliphatic heterocycles. The van der Waals surface area contributed by atoms with Crippen molar-refractivity contribution in [1.29, 1.82) is 0 Å². The van der Waals surface area contributed by atoms with Crippen LogP contribution < -0.4 is 4.74 Å². The molecule has 1 saturated carbocycles. The highest BCUT2D eigenvalue weighted by Crippen LogP contribution is 2.32. The number of rotatable bonds is 12. The number of phenolic OH excluding ortho intramolecular Hbond substituents is 1. The van der Waals surface area contributed by atoms with Crippen LogP contribution in [0, 0.1) is 23.5 Å². The summed E-state index contributed by atoms with van der Waals surface area (Å²) in [6, 6.07) is 2.32. The van der Waals surface area contributed by atoms with Crippen LogP contribution in [-0.4, -0.2) is 22.8 Å². The Labute approximate surface area is 186 Å². The number of hydrogen-bond donors (Lipinski definition) is 2. The molecule has 0 atom stereocenters. The van der Waals surface area contributed by atoms with E-state index >= 15 is 0 Å². The van der Waals surface area contributed by atoms with Crippen LogP contribution in [0.1, 0.15) is 97.3 Å². The van der Waals surface area contributed by atoms with Gasteiger partial charge in [0, 0.05) is 0 Å². The zero-order valence-corrected chi connectivity index (χ0v) is 19.2. The number of aromatic hydroxyl groups is 1. The minimum absolute atomic E-state index is 0.0441. The molecule has 1 aliphatic rings. The molecule has 0 saturated heterocycles. The number of carboxylic acids is 1. The fourth-order valence-electron chi connectivity index (χ4n) is 3.90. The first kappa shape index (κ1) is 27.2. The number of hydrogen-bond acceptors (Lipinski definition) is 3. The van der Waals surface area contributed by atoms with Crippen molar-refractivity contribution in [3.8, 4) is 11.5 Å². The summed E-state index contributed by atoms with van der Waals surface area (Å²) in [4.78, 5) is 10.7. The molecule has 0 aromatic heterocycles. The average Bonchev–Trinajstić information content (AvgIpc) is 2.77. The maximum Gasteiger partial charge on any atom is 0.306 e. The van der Waals surface area contributed by atoms with E-state index in [0.29, 0.717) is 6.61 Å². The van der Waals surface area contributed by atoms with E-state index in [4.69, 9.17) is 14.9 Å². The lowest BCUT2D eigenvalue weighted by atomic mass is 9.80. The van der Waals surface area contributed by atoms with E-state index in [-0.39, 0.29) is 11.7 Å². The summed E-state index contributed by atoms with van der Waals surface area (Å²) in [5.41, 5.74) is 0. The van der Waals surface area contributed by atoms with Crippen molar-refractivity contribution in [3.05, 3.63) is 23.8 Å². The van der Waals surface area contributed by atoms with Gasteiger partial charge in [-0.15, -0.1) is 0 Å². The summed E-state index contributed by atoms with van der Waals surface area (Å²) in [5, 5.41) is 17.8. The second-order valence-corrected chi connectivity index (χ2v) is 8.53. The van der Waals surface area contributed by atoms with Crippen LogP contribution in [0.2, 0.25) is 0 Å². The average molecular weight is 443 g/mol. The zero-order chi connectivity index (χ0) is 23.1. The number of phenols is 1. The molecule has 2 rings (SSSR count). The maximum absolute atomic E-state index is 13.2. The third-order valence-corrected chi connectivity index (χ3v) is 5.94. The Morgan fingerprint density at radius 2 is 1.55 bits per heavy atom. The number of carboxylic acid groups (broad SMARTS) is 1. The number of aliphatic carboxylic acids is 1. The van der Waals surface area contributed by atoms with Gasteiger partial charge >= 0.3 is 5.97 Å². The molecule has 1 aromatic carbocycles. The van der Waals surface area contributed by atoms with E-state index < -0.39 is 23.4 Å². The number of benzene rings is 1. The van der Waals surface area contributed by atoms with Crippen LogP contribution in [0.15, 0.2) is 12.1 Å². The molecule has 0 heterocycles. The van der Waals surface area contributed by atoms with E-state index in [1.54, 1.807) is 0 Å². The van der Waals surface area contributed by atoms with Crippen LogP contribution in [0.3, 0.4) is 0 Å². The Morgan fingerprint density at radius 3 is 2.16 bits per heavy atom. The molecular formula is C25H40F2O4. The van der Waals surface area contributed by atoms with Crippen LogP contribution in [-0.2, 0) is 4.79 Å². The smallest absolute Gasteiger partial charge is 0.306 e. The van der Waals surface area contributed by atoms with Gasteiger partial charge in [-0.2, -0.15) is 8.78 Å². The standard InChI is InChI=1S/C13H18F2O2.C12H22O2/c1-2-3-4-5-6-9-17-11-8-7-10(16)12(14)13(11)15;1-2-3-4-5-10-6-8-11(9-7-10)12(13)14/h7-8,16H,2-6,9H2,1H3;10-11H,2-9H2,1H3,(H,13,14)/t;10-,11-. The Balaban J connectivity index is 0.000000316. The lowest BCUT2D eigenvalue weighted by Crippen LogP contribution is -2.21. The topological polar surface area (TPSA) is 66.8 Å². The predicted octanol–water partition coefficient (Wildman–Crippen LogP) is 7.48. The van der Waals surface area contributed by atoms with Gasteiger partial charge in [-0.1, -0.05) is 65.2 Å². The Morgan fingerprint density at radius 1 is 0.935 bits per heavy atom. The van der Waals surface area contributed by atoms with Crippen LogP contribution in [0.5, 0.6) is 11.5 Å². The summed E-state index contributed by atoms with van der Waals surface area (Å²) >= 11 is 0. The summed E-state index contributed by atoms with van der Waals surface area (Å²) in [6.07, 6.45) is 14.7. The van der Waals surface area contributed by atoms with E-state index in [0.717, 1.165) is 56.9 Å². The van der Waals surface area contributed by atoms with Gasteiger partial charge in [-0.25, -0.2) is 0 Å². The van der Waals surface area contributed by atoms with Crippen molar-refractivity contribution >= 4 is 5.97 Å². The minimum Gasteiger partial charge on any atom is -0.505 e. The Hall–Kier alpha value is -1.85. The van der Waals surface area contributed by atoms with Gasteiger partial charge in [0.2, 0.25) is 11.6 Å². The zero-order valence-electron chi connectivity index (χ0n) is 19.2. The fourth-order valence-corrected chi connectivity index (χ4v) is 3.90. The largest absolute Gasteiger partial charge is 0.505 e. The monoisotopic (exact) mass is 442 g/mol. The Kier molecular flexibility index (Phi) is 13.9. The molecule has 2 N–H and O–H groups in total. The first-order valence-corrected chi connectivity index (χ1v) is 11.9. The summed E-state index contributed by atoms with van der Waals surface area (Å²) in [7, 11) is 0. The van der Waals surface area contributed by atoms with E-state index in [9.17, 15) is 13.6 Å². The van der Waals surface area contributed by atoms with Gasteiger partial charge < -0.3 is 14.9 Å². The Bertz CT molecular complexity index is 628. The second-order valence-electron chi connectivity index (χ2n) is 8.53. The minimum atomic E-state index is -1.26. The summed E-state index contributed by atoms with van der Waals surface area (Å²) < 4.78 is 31.3. The van der Waals surface area contributed by atoms with Gasteiger partial charge in [0.25, 0.3) is 0 Å². The summed E-state index contributed by atoms with van der Waals surface area (Å²) in [5.74, 6) is -3.03. The van der Waals surface area contributed by atoms with Crippen molar-refractivity contribution in [1.82, 2.24) is 0 Å². The molecule has 0 bridgehead atoms. The first-order valence-electron chi connectivity index (χ1n) is 11.9. The molecule has 6 heteroatoms. The normalized spacial score (nSPS) is 18.2. The maximum atomic E-state index is 13.2. The molecule has 1 aromatic rings. The van der Waals surface area contributed by atoms with Gasteiger partial charge in [0.15, 0.2) is 11.5 Å². The lowest BCUT2D eigenvalue weighted by Gasteiger charge is -2.25. The van der Waals surface area contributed by atoms with Gasteiger partial charge in [0.05, 0.1) is 12.5 Å². The van der Waals surface area contributed by atoms with Crippen molar-refractivity contribution < 1.29 is 28.5 Å². The summed E-state index contributed by atoms with van der Waals surface area (Å²) in [6.45, 7) is 4.72. The quantitative estimate of drug-likeness (QED) is 0.329. The lowest BCUT2D eigenvalue weighted by molar-refractivity contribution is -0.143. The highest BCUT2D eigenvalue weighted by Gasteiger charge is 2.25. The molecule has 4 nitrogen and oxygen atoms in total. The molecule has 1 fully saturated rings. The number of unbranched alkanes of at least 4 members (excludes halogenated alkanes) is 6. The van der Waals surface area contributed by atoms with Crippen molar-refractivity contribution in [2.75, 3.05) is 6.61 Å². The number of halogens is 2. The van der Waals surface area contributed by atoms with Gasteiger partial charge in [0.1, 0.15) is 0 Å². The van der Waals surface area contributed by atoms with Crippen LogP contribution in [0.25, 0.3) is 0 Å². The second kappa shape index (κ2) is 15.9. The predicted molar refractivity (Wildman–Crippen MR) is 120 cm³/mol. The van der Waals surface area contributed by atoms with Crippen molar-refractivity contribution in [2.45, 2.75) is 97.3 Å². The van der Waals surface area contributed by atoms with Gasteiger partial charge in [-0.05, 0) is 50.2 Å². The van der Waals surface area contributed by atoms with Crippen molar-refractivity contribution in [2.24, 2.45) is 11.8 Å².